The highest BCUT2D eigenvalue weighted by Gasteiger charge is 2.27. The maximum Gasteiger partial charge on any atom is 0.264 e. The minimum atomic E-state index is -3.96. The number of hydrogen-bond donors (Lipinski definition) is 1. The van der Waals surface area contributed by atoms with Crippen LogP contribution in [0.25, 0.3) is 0 Å². The van der Waals surface area contributed by atoms with Crippen molar-refractivity contribution in [1.82, 2.24) is 5.32 Å². The van der Waals surface area contributed by atoms with Crippen molar-refractivity contribution in [3.05, 3.63) is 88.4 Å². The number of benzene rings is 3. The van der Waals surface area contributed by atoms with Crippen LogP contribution in [0.15, 0.2) is 82.6 Å². The summed E-state index contributed by atoms with van der Waals surface area (Å²) in [4.78, 5) is 13.7. The van der Waals surface area contributed by atoms with Crippen molar-refractivity contribution in [3.63, 3.8) is 0 Å². The Bertz CT molecular complexity index is 1170. The number of nitrogens with zero attached hydrogens (tertiary/aromatic N) is 1. The predicted molar refractivity (Wildman–Crippen MR) is 132 cm³/mol. The molecular weight excluding hydrogens is 487 g/mol. The third kappa shape index (κ3) is 6.65. The smallest absolute Gasteiger partial charge is 0.264 e. The number of carbonyl (C=O) groups excluding carboxylic acids is 1. The molecule has 1 amide bonds. The van der Waals surface area contributed by atoms with Crippen LogP contribution in [0.2, 0.25) is 10.0 Å². The van der Waals surface area contributed by atoms with Crippen LogP contribution in [0.3, 0.4) is 0 Å². The van der Waals surface area contributed by atoms with Crippen LogP contribution in [0.1, 0.15) is 5.56 Å². The highest BCUT2D eigenvalue weighted by molar-refractivity contribution is 7.99. The number of sulfonamides is 1. The summed E-state index contributed by atoms with van der Waals surface area (Å²) in [5, 5.41) is 3.90. The van der Waals surface area contributed by atoms with E-state index in [1.165, 1.54) is 24.3 Å². The highest BCUT2D eigenvalue weighted by Crippen LogP contribution is 2.25. The molecule has 0 heterocycles. The molecule has 0 aliphatic rings. The van der Waals surface area contributed by atoms with E-state index in [0.717, 1.165) is 14.8 Å². The van der Waals surface area contributed by atoms with E-state index in [1.54, 1.807) is 30.0 Å². The van der Waals surface area contributed by atoms with E-state index in [9.17, 15) is 13.2 Å². The molecule has 0 atom stereocenters. The summed E-state index contributed by atoms with van der Waals surface area (Å²) in [5.74, 6) is 0.252. The van der Waals surface area contributed by atoms with Gasteiger partial charge in [-0.2, -0.15) is 0 Å². The maximum absolute atomic E-state index is 13.3. The van der Waals surface area contributed by atoms with E-state index in [-0.39, 0.29) is 17.3 Å². The first kappa shape index (κ1) is 24.5. The summed E-state index contributed by atoms with van der Waals surface area (Å²) in [7, 11) is -3.96. The molecule has 0 aliphatic carbocycles. The summed E-state index contributed by atoms with van der Waals surface area (Å²) in [6.07, 6.45) is 0. The largest absolute Gasteiger partial charge is 0.354 e. The lowest BCUT2D eigenvalue weighted by atomic mass is 10.2. The van der Waals surface area contributed by atoms with Crippen molar-refractivity contribution in [2.45, 2.75) is 16.7 Å². The number of thioether (sulfide) groups is 1. The average molecular weight is 509 g/mol. The molecule has 0 spiro atoms. The van der Waals surface area contributed by atoms with E-state index in [0.29, 0.717) is 28.0 Å². The molecule has 0 radical (unpaired) electrons. The molecule has 1 N–H and O–H groups in total. The first-order valence-electron chi connectivity index (χ1n) is 9.76. The summed E-state index contributed by atoms with van der Waals surface area (Å²) < 4.78 is 27.8. The van der Waals surface area contributed by atoms with Gasteiger partial charge >= 0.3 is 0 Å². The van der Waals surface area contributed by atoms with Crippen LogP contribution in [-0.4, -0.2) is 33.2 Å². The molecule has 0 aliphatic heterocycles. The standard InChI is InChI=1S/C23H22Cl2N2O3S2/c1-17-3-2-4-20(15-17)27(32(29,30)22-11-7-19(25)8-12-22)16-23(28)26-13-14-31-21-9-5-18(24)6-10-21/h2-12,15H,13-14,16H2,1H3,(H,26,28). The maximum atomic E-state index is 13.3. The number of amides is 1. The zero-order chi connectivity index (χ0) is 23.1. The third-order valence-electron chi connectivity index (χ3n) is 4.49. The van der Waals surface area contributed by atoms with Crippen molar-refractivity contribution in [2.24, 2.45) is 0 Å². The lowest BCUT2D eigenvalue weighted by molar-refractivity contribution is -0.119. The predicted octanol–water partition coefficient (Wildman–Crippen LogP) is 5.41. The molecule has 3 aromatic rings. The molecule has 9 heteroatoms. The molecule has 3 aromatic carbocycles. The quantitative estimate of drug-likeness (QED) is 0.310. The molecule has 3 rings (SSSR count). The Labute approximate surface area is 202 Å². The minimum Gasteiger partial charge on any atom is -0.354 e. The van der Waals surface area contributed by atoms with E-state index in [1.807, 2.05) is 37.3 Å². The van der Waals surface area contributed by atoms with Gasteiger partial charge in [-0.05, 0) is 73.2 Å². The lowest BCUT2D eigenvalue weighted by Crippen LogP contribution is -2.41. The molecule has 0 bridgehead atoms. The zero-order valence-corrected chi connectivity index (χ0v) is 20.4. The van der Waals surface area contributed by atoms with Crippen LogP contribution < -0.4 is 9.62 Å². The summed E-state index contributed by atoms with van der Waals surface area (Å²) in [6.45, 7) is 1.93. The molecule has 0 unspecified atom stereocenters. The van der Waals surface area contributed by atoms with Gasteiger partial charge in [-0.1, -0.05) is 35.3 Å². The molecule has 0 aromatic heterocycles. The Morgan fingerprint density at radius 3 is 2.22 bits per heavy atom. The first-order chi connectivity index (χ1) is 15.3. The van der Waals surface area contributed by atoms with Crippen LogP contribution in [0.5, 0.6) is 0 Å². The number of hydrogen-bond acceptors (Lipinski definition) is 4. The van der Waals surface area contributed by atoms with Crippen molar-refractivity contribution >= 4 is 56.6 Å². The molecule has 0 saturated carbocycles. The van der Waals surface area contributed by atoms with Gasteiger partial charge in [0, 0.05) is 27.2 Å². The number of rotatable bonds is 9. The van der Waals surface area contributed by atoms with Gasteiger partial charge in [0.1, 0.15) is 6.54 Å². The van der Waals surface area contributed by atoms with Gasteiger partial charge in [-0.15, -0.1) is 11.8 Å². The minimum absolute atomic E-state index is 0.0644. The Morgan fingerprint density at radius 2 is 1.59 bits per heavy atom. The molecule has 0 saturated heterocycles. The lowest BCUT2D eigenvalue weighted by Gasteiger charge is -2.24. The molecule has 5 nitrogen and oxygen atoms in total. The second-order valence-corrected chi connectivity index (χ2v) is 10.9. The monoisotopic (exact) mass is 508 g/mol. The van der Waals surface area contributed by atoms with Gasteiger partial charge in [-0.25, -0.2) is 8.42 Å². The Hall–Kier alpha value is -2.19. The summed E-state index contributed by atoms with van der Waals surface area (Å²) in [5.41, 5.74) is 1.31. The summed E-state index contributed by atoms with van der Waals surface area (Å²) in [6, 6.07) is 20.4. The number of carbonyl (C=O) groups is 1. The van der Waals surface area contributed by atoms with Crippen molar-refractivity contribution in [1.29, 1.82) is 0 Å². The van der Waals surface area contributed by atoms with E-state index < -0.39 is 10.0 Å². The zero-order valence-electron chi connectivity index (χ0n) is 17.3. The van der Waals surface area contributed by atoms with Crippen LogP contribution in [0, 0.1) is 6.92 Å². The highest BCUT2D eigenvalue weighted by atomic mass is 35.5. The number of halogens is 2. The van der Waals surface area contributed by atoms with Gasteiger partial charge in [0.15, 0.2) is 0 Å². The Kier molecular flexibility index (Phi) is 8.48. The van der Waals surface area contributed by atoms with E-state index >= 15 is 0 Å². The average Bonchev–Trinajstić information content (AvgIpc) is 2.76. The summed E-state index contributed by atoms with van der Waals surface area (Å²) >= 11 is 13.4. The van der Waals surface area contributed by atoms with Gasteiger partial charge in [0.2, 0.25) is 5.91 Å². The second kappa shape index (κ2) is 11.1. The molecule has 0 fully saturated rings. The van der Waals surface area contributed by atoms with Gasteiger partial charge in [0.25, 0.3) is 10.0 Å². The molecular formula is C23H22Cl2N2O3S2. The van der Waals surface area contributed by atoms with Gasteiger partial charge in [0.05, 0.1) is 10.6 Å². The topological polar surface area (TPSA) is 66.5 Å². The third-order valence-corrected chi connectivity index (χ3v) is 7.79. The number of nitrogens with one attached hydrogen (secondary N) is 1. The van der Waals surface area contributed by atoms with Gasteiger partial charge < -0.3 is 5.32 Å². The van der Waals surface area contributed by atoms with Crippen molar-refractivity contribution < 1.29 is 13.2 Å². The van der Waals surface area contributed by atoms with Crippen LogP contribution in [0.4, 0.5) is 5.69 Å². The first-order valence-corrected chi connectivity index (χ1v) is 12.9. The normalized spacial score (nSPS) is 11.2. The van der Waals surface area contributed by atoms with E-state index in [4.69, 9.17) is 23.2 Å². The Balaban J connectivity index is 1.70. The fraction of sp³-hybridized carbons (Fsp3) is 0.174. The fourth-order valence-corrected chi connectivity index (χ4v) is 5.34. The molecule has 168 valence electrons. The van der Waals surface area contributed by atoms with Gasteiger partial charge in [-0.3, -0.25) is 9.10 Å². The second-order valence-electron chi connectivity index (χ2n) is 6.96. The number of anilines is 1. The number of aryl methyl sites for hydroxylation is 1. The van der Waals surface area contributed by atoms with Crippen LogP contribution >= 0.6 is 35.0 Å². The Morgan fingerprint density at radius 1 is 0.969 bits per heavy atom. The van der Waals surface area contributed by atoms with E-state index in [2.05, 4.69) is 5.32 Å². The SMILES string of the molecule is Cc1cccc(N(CC(=O)NCCSc2ccc(Cl)cc2)S(=O)(=O)c2ccc(Cl)cc2)c1. The van der Waals surface area contributed by atoms with Crippen molar-refractivity contribution in [3.8, 4) is 0 Å². The van der Waals surface area contributed by atoms with Crippen molar-refractivity contribution in [2.75, 3.05) is 23.1 Å². The fourth-order valence-electron chi connectivity index (χ4n) is 2.91. The van der Waals surface area contributed by atoms with Crippen LogP contribution in [-0.2, 0) is 14.8 Å². The molecule has 32 heavy (non-hydrogen) atoms.